The fraction of sp³-hybridized carbons (Fsp3) is 0.217. The van der Waals surface area contributed by atoms with E-state index in [9.17, 15) is 4.79 Å². The molecule has 1 heterocycles. The van der Waals surface area contributed by atoms with E-state index in [4.69, 9.17) is 11.0 Å². The van der Waals surface area contributed by atoms with Crippen molar-refractivity contribution in [1.29, 1.82) is 5.26 Å². The number of nitrogens with two attached hydrogens (primary N) is 1. The SMILES string of the molecule is Cc1cc(C(=O)NCc2ccc(CN)cc2)c(C)n1Cc1ccc(C#N)cc1. The average Bonchev–Trinajstić information content (AvgIpc) is 3.01. The van der Waals surface area contributed by atoms with Gasteiger partial charge in [-0.15, -0.1) is 0 Å². The lowest BCUT2D eigenvalue weighted by Gasteiger charge is -2.10. The minimum atomic E-state index is -0.0814. The van der Waals surface area contributed by atoms with Crippen LogP contribution < -0.4 is 11.1 Å². The first-order valence-corrected chi connectivity index (χ1v) is 9.23. The van der Waals surface area contributed by atoms with Crippen LogP contribution in [0, 0.1) is 25.2 Å². The summed E-state index contributed by atoms with van der Waals surface area (Å²) < 4.78 is 2.12. The highest BCUT2D eigenvalue weighted by atomic mass is 16.1. The van der Waals surface area contributed by atoms with Crippen LogP contribution in [-0.4, -0.2) is 10.5 Å². The summed E-state index contributed by atoms with van der Waals surface area (Å²) in [4.78, 5) is 12.7. The van der Waals surface area contributed by atoms with E-state index in [1.54, 1.807) is 0 Å². The van der Waals surface area contributed by atoms with Gasteiger partial charge in [0.15, 0.2) is 0 Å². The summed E-state index contributed by atoms with van der Waals surface area (Å²) in [7, 11) is 0. The lowest BCUT2D eigenvalue weighted by atomic mass is 10.1. The number of aryl methyl sites for hydroxylation is 1. The van der Waals surface area contributed by atoms with Gasteiger partial charge in [-0.05, 0) is 48.7 Å². The molecule has 3 rings (SSSR count). The van der Waals surface area contributed by atoms with E-state index < -0.39 is 0 Å². The van der Waals surface area contributed by atoms with E-state index in [1.807, 2.05) is 68.4 Å². The van der Waals surface area contributed by atoms with Crippen LogP contribution in [0.3, 0.4) is 0 Å². The van der Waals surface area contributed by atoms with Crippen molar-refractivity contribution < 1.29 is 4.79 Å². The Hall–Kier alpha value is -3.36. The molecule has 0 spiro atoms. The number of nitrogens with one attached hydrogen (secondary N) is 1. The number of nitriles is 1. The summed E-state index contributed by atoms with van der Waals surface area (Å²) in [5.41, 5.74) is 12.1. The maximum absolute atomic E-state index is 12.7. The number of rotatable bonds is 6. The lowest BCUT2D eigenvalue weighted by Crippen LogP contribution is -2.23. The second kappa shape index (κ2) is 8.55. The molecule has 5 heteroatoms. The van der Waals surface area contributed by atoms with Crippen LogP contribution in [0.4, 0.5) is 0 Å². The standard InChI is InChI=1S/C23H24N4O/c1-16-11-22(23(28)26-14-20-7-3-18(12-24)4-8-20)17(2)27(16)15-21-9-5-19(13-25)6-10-21/h3-11H,12,14-15,24H2,1-2H3,(H,26,28). The van der Waals surface area contributed by atoms with Crippen LogP contribution in [0.2, 0.25) is 0 Å². The van der Waals surface area contributed by atoms with Gasteiger partial charge in [-0.1, -0.05) is 36.4 Å². The highest BCUT2D eigenvalue weighted by Crippen LogP contribution is 2.18. The maximum atomic E-state index is 12.7. The van der Waals surface area contributed by atoms with Crippen LogP contribution in [0.5, 0.6) is 0 Å². The van der Waals surface area contributed by atoms with Gasteiger partial charge in [0.2, 0.25) is 0 Å². The zero-order valence-corrected chi connectivity index (χ0v) is 16.2. The van der Waals surface area contributed by atoms with E-state index in [-0.39, 0.29) is 5.91 Å². The summed E-state index contributed by atoms with van der Waals surface area (Å²) in [5.74, 6) is -0.0814. The summed E-state index contributed by atoms with van der Waals surface area (Å²) in [6, 6.07) is 19.5. The monoisotopic (exact) mass is 372 g/mol. The number of amides is 1. The molecule has 0 fully saturated rings. The van der Waals surface area contributed by atoms with Crippen molar-refractivity contribution in [2.24, 2.45) is 5.73 Å². The fourth-order valence-electron chi connectivity index (χ4n) is 3.21. The number of benzene rings is 2. The molecule has 0 aliphatic heterocycles. The molecule has 0 unspecified atom stereocenters. The van der Waals surface area contributed by atoms with Gasteiger partial charge in [0.1, 0.15) is 0 Å². The number of hydrogen-bond acceptors (Lipinski definition) is 3. The topological polar surface area (TPSA) is 83.8 Å². The zero-order valence-electron chi connectivity index (χ0n) is 16.2. The Morgan fingerprint density at radius 2 is 1.64 bits per heavy atom. The molecular formula is C23H24N4O. The molecule has 0 aliphatic rings. The minimum absolute atomic E-state index is 0.0814. The first-order chi connectivity index (χ1) is 13.5. The number of aromatic nitrogens is 1. The van der Waals surface area contributed by atoms with Gasteiger partial charge in [0, 0.05) is 31.0 Å². The van der Waals surface area contributed by atoms with Crippen molar-refractivity contribution in [1.82, 2.24) is 9.88 Å². The largest absolute Gasteiger partial charge is 0.348 e. The Kier molecular flexibility index (Phi) is 5.93. The summed E-state index contributed by atoms with van der Waals surface area (Å²) in [5, 5.41) is 11.9. The molecule has 0 atom stereocenters. The number of carbonyl (C=O) groups is 1. The van der Waals surface area contributed by atoms with E-state index in [1.165, 1.54) is 0 Å². The van der Waals surface area contributed by atoms with Gasteiger partial charge in [0.25, 0.3) is 5.91 Å². The Morgan fingerprint density at radius 3 is 2.25 bits per heavy atom. The maximum Gasteiger partial charge on any atom is 0.253 e. The molecule has 1 amide bonds. The second-order valence-corrected chi connectivity index (χ2v) is 6.88. The molecule has 3 aromatic rings. The van der Waals surface area contributed by atoms with Crippen LogP contribution >= 0.6 is 0 Å². The van der Waals surface area contributed by atoms with Gasteiger partial charge in [-0.3, -0.25) is 4.79 Å². The third kappa shape index (κ3) is 4.30. The Labute approximate surface area is 165 Å². The van der Waals surface area contributed by atoms with E-state index in [0.29, 0.717) is 30.8 Å². The molecule has 0 saturated heterocycles. The molecular weight excluding hydrogens is 348 g/mol. The smallest absolute Gasteiger partial charge is 0.253 e. The quantitative estimate of drug-likeness (QED) is 0.695. The molecule has 0 bridgehead atoms. The molecule has 0 radical (unpaired) electrons. The molecule has 142 valence electrons. The molecule has 0 aliphatic carbocycles. The van der Waals surface area contributed by atoms with Crippen molar-refractivity contribution in [3.63, 3.8) is 0 Å². The predicted molar refractivity (Wildman–Crippen MR) is 110 cm³/mol. The van der Waals surface area contributed by atoms with E-state index in [2.05, 4.69) is 16.0 Å². The summed E-state index contributed by atoms with van der Waals surface area (Å²) in [6.07, 6.45) is 0. The van der Waals surface area contributed by atoms with Gasteiger partial charge in [0.05, 0.1) is 17.2 Å². The Balaban J connectivity index is 1.70. The number of nitrogens with zero attached hydrogens (tertiary/aromatic N) is 2. The lowest BCUT2D eigenvalue weighted by molar-refractivity contribution is 0.0950. The van der Waals surface area contributed by atoms with Gasteiger partial charge in [-0.2, -0.15) is 5.26 Å². The first kappa shape index (κ1) is 19.4. The van der Waals surface area contributed by atoms with Crippen molar-refractivity contribution in [2.75, 3.05) is 0 Å². The Morgan fingerprint density at radius 1 is 1.04 bits per heavy atom. The van der Waals surface area contributed by atoms with Crippen molar-refractivity contribution >= 4 is 5.91 Å². The minimum Gasteiger partial charge on any atom is -0.348 e. The van der Waals surface area contributed by atoms with Gasteiger partial charge >= 0.3 is 0 Å². The van der Waals surface area contributed by atoms with E-state index >= 15 is 0 Å². The third-order valence-corrected chi connectivity index (χ3v) is 4.95. The zero-order chi connectivity index (χ0) is 20.1. The van der Waals surface area contributed by atoms with Gasteiger partial charge in [-0.25, -0.2) is 0 Å². The molecule has 5 nitrogen and oxygen atoms in total. The van der Waals surface area contributed by atoms with Crippen LogP contribution in [0.25, 0.3) is 0 Å². The van der Waals surface area contributed by atoms with Crippen LogP contribution in [0.1, 0.15) is 44.0 Å². The molecule has 28 heavy (non-hydrogen) atoms. The first-order valence-electron chi connectivity index (χ1n) is 9.23. The number of hydrogen-bond donors (Lipinski definition) is 2. The fourth-order valence-corrected chi connectivity index (χ4v) is 3.21. The summed E-state index contributed by atoms with van der Waals surface area (Å²) in [6.45, 7) is 5.61. The third-order valence-electron chi connectivity index (χ3n) is 4.95. The van der Waals surface area contributed by atoms with Crippen molar-refractivity contribution in [2.45, 2.75) is 33.5 Å². The highest BCUT2D eigenvalue weighted by Gasteiger charge is 2.15. The predicted octanol–water partition coefficient (Wildman–Crippen LogP) is 3.41. The van der Waals surface area contributed by atoms with Crippen molar-refractivity contribution in [3.05, 3.63) is 93.8 Å². The number of carbonyl (C=O) groups excluding carboxylic acids is 1. The highest BCUT2D eigenvalue weighted by molar-refractivity contribution is 5.95. The normalized spacial score (nSPS) is 10.5. The second-order valence-electron chi connectivity index (χ2n) is 6.88. The summed E-state index contributed by atoms with van der Waals surface area (Å²) >= 11 is 0. The van der Waals surface area contributed by atoms with Gasteiger partial charge < -0.3 is 15.6 Å². The Bertz CT molecular complexity index is 1010. The average molecular weight is 372 g/mol. The van der Waals surface area contributed by atoms with Crippen molar-refractivity contribution in [3.8, 4) is 6.07 Å². The van der Waals surface area contributed by atoms with Crippen LogP contribution in [0.15, 0.2) is 54.6 Å². The molecule has 2 aromatic carbocycles. The molecule has 1 aromatic heterocycles. The molecule has 3 N–H and O–H groups in total. The van der Waals surface area contributed by atoms with Crippen LogP contribution in [-0.2, 0) is 19.6 Å². The van der Waals surface area contributed by atoms with E-state index in [0.717, 1.165) is 28.1 Å². The molecule has 0 saturated carbocycles.